The van der Waals surface area contributed by atoms with Crippen molar-refractivity contribution < 1.29 is 46.6 Å². The van der Waals surface area contributed by atoms with Gasteiger partial charge in [0.1, 0.15) is 18.0 Å². The molecular weight excluding hydrogens is 623 g/mol. The fourth-order valence-corrected chi connectivity index (χ4v) is 5.54. The molecule has 0 saturated carbocycles. The molecule has 17 heteroatoms. The molecule has 4 heterocycles. The van der Waals surface area contributed by atoms with Gasteiger partial charge in [0, 0.05) is 22.9 Å². The number of aromatic nitrogens is 4. The van der Waals surface area contributed by atoms with Crippen molar-refractivity contribution in [2.24, 2.45) is 5.73 Å². The van der Waals surface area contributed by atoms with Crippen molar-refractivity contribution in [1.29, 1.82) is 0 Å². The molecule has 0 radical (unpaired) electrons. The van der Waals surface area contributed by atoms with Gasteiger partial charge in [-0.25, -0.2) is 28.4 Å². The van der Waals surface area contributed by atoms with Crippen LogP contribution in [-0.4, -0.2) is 79.5 Å². The van der Waals surface area contributed by atoms with Gasteiger partial charge < -0.3 is 25.4 Å². The molecule has 3 aromatic rings. The molecule has 5 unspecified atom stereocenters. The summed E-state index contributed by atoms with van der Waals surface area (Å²) in [5, 5.41) is 25.8. The maximum absolute atomic E-state index is 14.6. The van der Waals surface area contributed by atoms with Crippen LogP contribution in [0, 0.1) is 18.6 Å². The Labute approximate surface area is 250 Å². The Balaban J connectivity index is 1.57. The summed E-state index contributed by atoms with van der Waals surface area (Å²) in [6, 6.07) is 2.49. The van der Waals surface area contributed by atoms with Crippen molar-refractivity contribution in [3.63, 3.8) is 0 Å². The van der Waals surface area contributed by atoms with E-state index in [-0.39, 0.29) is 29.4 Å². The van der Waals surface area contributed by atoms with Gasteiger partial charge >= 0.3 is 6.18 Å². The summed E-state index contributed by atoms with van der Waals surface area (Å²) >= 11 is 6.81. The summed E-state index contributed by atoms with van der Waals surface area (Å²) in [5.74, 6) is -2.67. The highest BCUT2D eigenvalue weighted by Gasteiger charge is 2.56. The van der Waals surface area contributed by atoms with Gasteiger partial charge in [-0.2, -0.15) is 18.3 Å². The van der Waals surface area contributed by atoms with E-state index < -0.39 is 70.8 Å². The molecule has 1 aromatic carbocycles. The van der Waals surface area contributed by atoms with Gasteiger partial charge in [0.15, 0.2) is 47.7 Å². The number of fused-ring (bicyclic) bond motifs is 1. The van der Waals surface area contributed by atoms with Crippen molar-refractivity contribution in [1.82, 2.24) is 19.7 Å². The molecule has 43 heavy (non-hydrogen) atoms. The molecule has 6 atom stereocenters. The molecule has 230 valence electrons. The van der Waals surface area contributed by atoms with Crippen LogP contribution in [0.25, 0.3) is 11.3 Å². The fraction of sp³-hybridized carbons (Fsp3) is 0.385. The quantitative estimate of drug-likeness (QED) is 0.136. The first-order valence-electron chi connectivity index (χ1n) is 12.7. The smallest absolute Gasteiger partial charge is 0.404 e. The minimum Gasteiger partial charge on any atom is -0.404 e. The summed E-state index contributed by atoms with van der Waals surface area (Å²) in [7, 11) is 0. The number of benzene rings is 1. The van der Waals surface area contributed by atoms with Crippen LogP contribution in [-0.2, 0) is 15.7 Å². The van der Waals surface area contributed by atoms with Crippen LogP contribution in [0.5, 0.6) is 0 Å². The van der Waals surface area contributed by atoms with Gasteiger partial charge in [-0.05, 0) is 31.4 Å². The Morgan fingerprint density at radius 1 is 1.23 bits per heavy atom. The van der Waals surface area contributed by atoms with Crippen LogP contribution in [0.4, 0.5) is 22.0 Å². The van der Waals surface area contributed by atoms with E-state index in [0.29, 0.717) is 4.90 Å². The maximum Gasteiger partial charge on any atom is 0.435 e. The number of ether oxygens (including phenoxy) is 2. The second kappa shape index (κ2) is 12.1. The normalized spacial score (nSPS) is 26.3. The molecule has 2 aromatic heterocycles. The zero-order valence-electron chi connectivity index (χ0n) is 22.4. The monoisotopic (exact) mass is 647 g/mol. The van der Waals surface area contributed by atoms with Crippen LogP contribution in [0.3, 0.4) is 0 Å². The van der Waals surface area contributed by atoms with E-state index in [1.54, 1.807) is 6.26 Å². The number of nitrogens with one attached hydrogen (secondary N) is 1. The van der Waals surface area contributed by atoms with Crippen molar-refractivity contribution in [3.8, 4) is 5.69 Å². The average molecular weight is 648 g/mol. The number of aliphatic hydroxyl groups excluding tert-OH is 2. The first kappa shape index (κ1) is 31.3. The van der Waals surface area contributed by atoms with Gasteiger partial charge in [0.25, 0.3) is 0 Å². The lowest BCUT2D eigenvalue weighted by Crippen LogP contribution is -2.86. The summed E-state index contributed by atoms with van der Waals surface area (Å²) in [6.07, 6.45) is -6.09. The Hall–Kier alpha value is -3.15. The lowest BCUT2D eigenvalue weighted by atomic mass is 9.91. The third kappa shape index (κ3) is 5.86. The molecule has 2 aliphatic rings. The zero-order valence-corrected chi connectivity index (χ0v) is 24.0. The number of aryl methyl sites for hydroxylation is 1. The lowest BCUT2D eigenvalue weighted by molar-refractivity contribution is -0.539. The maximum atomic E-state index is 14.6. The Morgan fingerprint density at radius 3 is 2.65 bits per heavy atom. The first-order chi connectivity index (χ1) is 20.3. The van der Waals surface area contributed by atoms with Crippen LogP contribution >= 0.6 is 23.4 Å². The number of allylic oxidation sites excluding steroid dienone is 1. The van der Waals surface area contributed by atoms with Crippen LogP contribution in [0.2, 0.25) is 5.02 Å². The van der Waals surface area contributed by atoms with Crippen LogP contribution in [0.15, 0.2) is 35.5 Å². The molecule has 10 nitrogen and oxygen atoms in total. The van der Waals surface area contributed by atoms with E-state index in [0.717, 1.165) is 34.9 Å². The molecular formula is C26H25ClF5N6O4S+. The molecule has 2 saturated heterocycles. The molecule has 0 amide bonds. The molecule has 0 aliphatic carbocycles. The topological polar surface area (TPSA) is 143 Å². The third-order valence-electron chi connectivity index (χ3n) is 7.02. The number of nitrogens with zero attached hydrogens (tertiary/aromatic N) is 4. The van der Waals surface area contributed by atoms with Crippen molar-refractivity contribution in [2.75, 3.05) is 12.9 Å². The van der Waals surface area contributed by atoms with Crippen LogP contribution < -0.4 is 10.7 Å². The average Bonchev–Trinajstić information content (AvgIpc) is 3.54. The minimum atomic E-state index is -4.85. The number of halogens is 6. The number of rotatable bonds is 6. The van der Waals surface area contributed by atoms with Crippen LogP contribution in [0.1, 0.15) is 29.0 Å². The van der Waals surface area contributed by atoms with Gasteiger partial charge in [-0.1, -0.05) is 11.6 Å². The SMILES string of the molecule is CSc1cnc(C(F)(F)F)c(-n2nc(C)nc2C2OC3C(O)CO[C@@H]3C([NH+]=C/C(=C\N)c3ccc(Cl)c(F)c3F)C2O)c1. The standard InChI is InChI=1S/C26H24ClF5N6O4S/c1-10-36-25(38(37-10)15-5-12(43-2)8-35-24(15)26(30,31)32)23-20(40)19(22-21(42-23)16(39)9-41-22)34-7-11(6-33)13-3-4-14(27)18(29)17(13)28/h3-8,16,19-23,39-40H,9,33H2,1-2H3/p+1/b11-6+,34-7?/t16?,19?,20?,21?,22-,23?/m1/s1. The predicted octanol–water partition coefficient (Wildman–Crippen LogP) is 1.72. The highest BCUT2D eigenvalue weighted by Crippen LogP contribution is 2.39. The van der Waals surface area contributed by atoms with Gasteiger partial charge in [0.05, 0.1) is 22.9 Å². The van der Waals surface area contributed by atoms with E-state index in [1.807, 2.05) is 0 Å². The molecule has 0 spiro atoms. The molecule has 0 bridgehead atoms. The summed E-state index contributed by atoms with van der Waals surface area (Å²) < 4.78 is 83.3. The third-order valence-corrected chi connectivity index (χ3v) is 8.01. The zero-order chi connectivity index (χ0) is 31.2. The number of thioether (sulfide) groups is 1. The van der Waals surface area contributed by atoms with E-state index in [1.165, 1.54) is 25.3 Å². The second-order valence-corrected chi connectivity index (χ2v) is 11.0. The largest absolute Gasteiger partial charge is 0.435 e. The Morgan fingerprint density at radius 2 is 1.98 bits per heavy atom. The fourth-order valence-electron chi connectivity index (χ4n) is 5.00. The Bertz CT molecular complexity index is 1590. The van der Waals surface area contributed by atoms with E-state index >= 15 is 0 Å². The summed E-state index contributed by atoms with van der Waals surface area (Å²) in [4.78, 5) is 11.2. The minimum absolute atomic E-state index is 0.0211. The lowest BCUT2D eigenvalue weighted by Gasteiger charge is -2.37. The number of aliphatic hydroxyl groups is 2. The highest BCUT2D eigenvalue weighted by atomic mass is 35.5. The number of pyridine rings is 1. The number of hydrogen-bond donors (Lipinski definition) is 4. The number of nitrogens with two attached hydrogens (primary N) is 1. The van der Waals surface area contributed by atoms with Crippen molar-refractivity contribution >= 4 is 35.2 Å². The molecule has 5 rings (SSSR count). The Kier molecular flexibility index (Phi) is 8.79. The molecule has 2 fully saturated rings. The number of alkyl halides is 3. The van der Waals surface area contributed by atoms with Gasteiger partial charge in [-0.15, -0.1) is 11.8 Å². The van der Waals surface area contributed by atoms with Gasteiger partial charge in [0.2, 0.25) is 6.04 Å². The predicted molar refractivity (Wildman–Crippen MR) is 144 cm³/mol. The number of hydrogen-bond acceptors (Lipinski definition) is 9. The van der Waals surface area contributed by atoms with E-state index in [4.69, 9.17) is 26.8 Å². The van der Waals surface area contributed by atoms with Crippen molar-refractivity contribution in [2.45, 2.75) is 54.6 Å². The highest BCUT2D eigenvalue weighted by molar-refractivity contribution is 7.98. The summed E-state index contributed by atoms with van der Waals surface area (Å²) in [5.41, 5.74) is 3.74. The first-order valence-corrected chi connectivity index (χ1v) is 14.3. The van der Waals surface area contributed by atoms with E-state index in [9.17, 15) is 32.2 Å². The second-order valence-electron chi connectivity index (χ2n) is 9.73. The van der Waals surface area contributed by atoms with E-state index in [2.05, 4.69) is 20.1 Å². The summed E-state index contributed by atoms with van der Waals surface area (Å²) in [6.45, 7) is 1.28. The molecule has 2 aliphatic heterocycles. The molecule has 5 N–H and O–H groups in total. The van der Waals surface area contributed by atoms with Crippen molar-refractivity contribution in [3.05, 3.63) is 70.2 Å². The van der Waals surface area contributed by atoms with Gasteiger partial charge in [-0.3, -0.25) is 0 Å².